The summed E-state index contributed by atoms with van der Waals surface area (Å²) >= 11 is 2.27. The van der Waals surface area contributed by atoms with Gasteiger partial charge >= 0.3 is 0 Å². The summed E-state index contributed by atoms with van der Waals surface area (Å²) in [5.41, 5.74) is 2.66. The molecule has 0 bridgehead atoms. The van der Waals surface area contributed by atoms with Crippen LogP contribution in [0.1, 0.15) is 42.3 Å². The summed E-state index contributed by atoms with van der Waals surface area (Å²) in [6, 6.07) is 13.5. The first-order chi connectivity index (χ1) is 14.3. The molecule has 2 saturated heterocycles. The minimum absolute atomic E-state index is 0.272. The van der Waals surface area contributed by atoms with E-state index in [-0.39, 0.29) is 5.78 Å². The van der Waals surface area contributed by atoms with Gasteiger partial charge in [0.1, 0.15) is 18.0 Å². The Morgan fingerprint density at radius 1 is 1.17 bits per heavy atom. The minimum atomic E-state index is -1.07. The number of ether oxygens (including phenoxy) is 4. The molecule has 0 aromatic heterocycles. The summed E-state index contributed by atoms with van der Waals surface area (Å²) in [5.74, 6) is -0.269. The molecule has 2 aromatic rings. The maximum Gasteiger partial charge on any atom is 0.194 e. The van der Waals surface area contributed by atoms with Crippen molar-refractivity contribution < 1.29 is 28.8 Å². The number of carbonyl (C=O) groups is 1. The molecule has 1 N–H and O–H groups in total. The van der Waals surface area contributed by atoms with Gasteiger partial charge in [0.25, 0.3) is 0 Å². The van der Waals surface area contributed by atoms with Gasteiger partial charge in [0.15, 0.2) is 24.0 Å². The van der Waals surface area contributed by atoms with Crippen LogP contribution in [0.5, 0.6) is 5.75 Å². The zero-order chi connectivity index (χ0) is 21.5. The number of halogens is 1. The molecule has 2 heterocycles. The van der Waals surface area contributed by atoms with Crippen LogP contribution >= 0.6 is 22.6 Å². The van der Waals surface area contributed by atoms with Crippen molar-refractivity contribution in [3.63, 3.8) is 0 Å². The SMILES string of the molecule is CCOc1ccc(Cc2cc(C(=O)[C@@H]3O[C@H]4OC(C)(C)O[C@H]4[C@@H]3O)ccc2I)cc1. The van der Waals surface area contributed by atoms with Gasteiger partial charge in [-0.1, -0.05) is 18.2 Å². The summed E-state index contributed by atoms with van der Waals surface area (Å²) in [6.45, 7) is 6.09. The number of aliphatic hydroxyl groups is 1. The summed E-state index contributed by atoms with van der Waals surface area (Å²) in [4.78, 5) is 13.1. The summed E-state index contributed by atoms with van der Waals surface area (Å²) < 4.78 is 23.6. The van der Waals surface area contributed by atoms with Crippen LogP contribution in [0.3, 0.4) is 0 Å². The Morgan fingerprint density at radius 3 is 2.57 bits per heavy atom. The summed E-state index contributed by atoms with van der Waals surface area (Å²) in [5, 5.41) is 10.6. The molecule has 0 saturated carbocycles. The maximum atomic E-state index is 13.1. The molecule has 2 fully saturated rings. The number of fused-ring (bicyclic) bond motifs is 1. The van der Waals surface area contributed by atoms with Crippen molar-refractivity contribution >= 4 is 28.4 Å². The Bertz CT molecular complexity index is 926. The first-order valence-corrected chi connectivity index (χ1v) is 11.1. The monoisotopic (exact) mass is 524 g/mol. The Morgan fingerprint density at radius 2 is 1.90 bits per heavy atom. The number of rotatable bonds is 6. The van der Waals surface area contributed by atoms with Crippen LogP contribution in [0.4, 0.5) is 0 Å². The molecular weight excluding hydrogens is 499 g/mol. The molecule has 6 nitrogen and oxygen atoms in total. The van der Waals surface area contributed by atoms with Gasteiger partial charge in [-0.3, -0.25) is 4.79 Å². The lowest BCUT2D eigenvalue weighted by Crippen LogP contribution is -2.38. The van der Waals surface area contributed by atoms with Gasteiger partial charge in [-0.15, -0.1) is 0 Å². The standard InChI is InChI=1S/C23H25IO6/c1-4-27-16-8-5-13(6-9-16)11-15-12-14(7-10-17(15)24)18(25)20-19(26)21-22(28-20)30-23(2,3)29-21/h5-10,12,19-22,26H,4,11H2,1-3H3/t19-,20+,21+,22+/m1/s1. The molecule has 2 aromatic carbocycles. The van der Waals surface area contributed by atoms with Crippen molar-refractivity contribution in [1.82, 2.24) is 0 Å². The van der Waals surface area contributed by atoms with E-state index in [1.165, 1.54) is 0 Å². The van der Waals surface area contributed by atoms with E-state index in [0.29, 0.717) is 18.6 Å². The van der Waals surface area contributed by atoms with Crippen LogP contribution in [-0.2, 0) is 20.6 Å². The van der Waals surface area contributed by atoms with Crippen molar-refractivity contribution in [2.24, 2.45) is 0 Å². The van der Waals surface area contributed by atoms with Crippen molar-refractivity contribution in [2.45, 2.75) is 57.6 Å². The first kappa shape index (κ1) is 21.7. The van der Waals surface area contributed by atoms with E-state index in [1.54, 1.807) is 19.9 Å². The number of ketones is 1. The molecule has 4 rings (SSSR count). The normalized spacial score (nSPS) is 27.1. The molecule has 0 spiro atoms. The number of benzene rings is 2. The minimum Gasteiger partial charge on any atom is -0.494 e. The lowest BCUT2D eigenvalue weighted by Gasteiger charge is -2.22. The predicted octanol–water partition coefficient (Wildman–Crippen LogP) is 3.70. The molecule has 2 aliphatic heterocycles. The molecular formula is C23H25IO6. The van der Waals surface area contributed by atoms with Crippen molar-refractivity contribution in [3.05, 3.63) is 62.7 Å². The molecule has 160 valence electrons. The van der Waals surface area contributed by atoms with Gasteiger partial charge in [-0.2, -0.15) is 0 Å². The number of aliphatic hydroxyl groups excluding tert-OH is 1. The van der Waals surface area contributed by atoms with E-state index in [4.69, 9.17) is 18.9 Å². The van der Waals surface area contributed by atoms with E-state index in [0.717, 1.165) is 20.4 Å². The highest BCUT2D eigenvalue weighted by Crippen LogP contribution is 2.38. The zero-order valence-corrected chi connectivity index (χ0v) is 19.3. The van der Waals surface area contributed by atoms with E-state index in [2.05, 4.69) is 22.6 Å². The van der Waals surface area contributed by atoms with Gasteiger partial charge in [-0.05, 0) is 85.2 Å². The van der Waals surface area contributed by atoms with Gasteiger partial charge in [0.2, 0.25) is 0 Å². The number of hydrogen-bond acceptors (Lipinski definition) is 6. The predicted molar refractivity (Wildman–Crippen MR) is 119 cm³/mol. The van der Waals surface area contributed by atoms with Crippen LogP contribution in [0, 0.1) is 3.57 Å². The second kappa shape index (κ2) is 8.55. The second-order valence-electron chi connectivity index (χ2n) is 7.94. The van der Waals surface area contributed by atoms with E-state index >= 15 is 0 Å². The molecule has 4 atom stereocenters. The van der Waals surface area contributed by atoms with Crippen molar-refractivity contribution in [1.29, 1.82) is 0 Å². The number of Topliss-reactive ketones (excluding diaryl/α,β-unsaturated/α-hetero) is 1. The Labute approximate surface area is 189 Å². The highest BCUT2D eigenvalue weighted by atomic mass is 127. The van der Waals surface area contributed by atoms with Crippen LogP contribution in [0.25, 0.3) is 0 Å². The van der Waals surface area contributed by atoms with Gasteiger partial charge in [0.05, 0.1) is 6.61 Å². The zero-order valence-electron chi connectivity index (χ0n) is 17.1. The van der Waals surface area contributed by atoms with Crippen LogP contribution in [-0.4, -0.2) is 47.9 Å². The topological polar surface area (TPSA) is 74.2 Å². The Balaban J connectivity index is 1.50. The molecule has 7 heteroatoms. The Kier molecular flexibility index (Phi) is 6.18. The average Bonchev–Trinajstić information content (AvgIpc) is 3.17. The third-order valence-electron chi connectivity index (χ3n) is 5.23. The van der Waals surface area contributed by atoms with E-state index < -0.39 is 30.4 Å². The number of hydrogen-bond donors (Lipinski definition) is 1. The van der Waals surface area contributed by atoms with Crippen molar-refractivity contribution in [3.8, 4) is 5.75 Å². The van der Waals surface area contributed by atoms with E-state index in [1.807, 2.05) is 43.3 Å². The second-order valence-corrected chi connectivity index (χ2v) is 9.10. The fraction of sp³-hybridized carbons (Fsp3) is 0.435. The highest BCUT2D eigenvalue weighted by molar-refractivity contribution is 14.1. The largest absolute Gasteiger partial charge is 0.494 e. The molecule has 30 heavy (non-hydrogen) atoms. The van der Waals surface area contributed by atoms with E-state index in [9.17, 15) is 9.90 Å². The molecule has 2 aliphatic rings. The fourth-order valence-corrected chi connectivity index (χ4v) is 4.35. The van der Waals surface area contributed by atoms with Crippen LogP contribution in [0.2, 0.25) is 0 Å². The lowest BCUT2D eigenvalue weighted by atomic mass is 9.97. The quantitative estimate of drug-likeness (QED) is 0.459. The first-order valence-electron chi connectivity index (χ1n) is 10.0. The number of carbonyl (C=O) groups excluding carboxylic acids is 1. The van der Waals surface area contributed by atoms with Crippen LogP contribution in [0.15, 0.2) is 42.5 Å². The maximum absolute atomic E-state index is 13.1. The third kappa shape index (κ3) is 4.40. The summed E-state index contributed by atoms with van der Waals surface area (Å²) in [6.07, 6.45) is -2.80. The fourth-order valence-electron chi connectivity index (χ4n) is 3.83. The summed E-state index contributed by atoms with van der Waals surface area (Å²) in [7, 11) is 0. The van der Waals surface area contributed by atoms with Gasteiger partial charge < -0.3 is 24.1 Å². The highest BCUT2D eigenvalue weighted by Gasteiger charge is 2.56. The molecule has 0 amide bonds. The molecule has 0 unspecified atom stereocenters. The van der Waals surface area contributed by atoms with Gasteiger partial charge in [0, 0.05) is 9.13 Å². The Hall–Kier alpha value is -1.52. The van der Waals surface area contributed by atoms with Crippen LogP contribution < -0.4 is 4.74 Å². The lowest BCUT2D eigenvalue weighted by molar-refractivity contribution is -0.208. The third-order valence-corrected chi connectivity index (χ3v) is 6.29. The smallest absolute Gasteiger partial charge is 0.194 e. The van der Waals surface area contributed by atoms with Crippen molar-refractivity contribution in [2.75, 3.05) is 6.61 Å². The molecule has 0 radical (unpaired) electrons. The molecule has 0 aliphatic carbocycles. The average molecular weight is 524 g/mol. The van der Waals surface area contributed by atoms with Gasteiger partial charge in [-0.25, -0.2) is 0 Å².